The van der Waals surface area contributed by atoms with E-state index in [0.29, 0.717) is 6.61 Å². The summed E-state index contributed by atoms with van der Waals surface area (Å²) >= 11 is 0. The Morgan fingerprint density at radius 3 is 2.58 bits per heavy atom. The first-order valence-corrected chi connectivity index (χ1v) is 8.64. The molecule has 2 rings (SSSR count). The molecule has 2 amide bonds. The fourth-order valence-corrected chi connectivity index (χ4v) is 2.54. The second kappa shape index (κ2) is 9.51. The fraction of sp³-hybridized carbons (Fsp3) is 0.286. The molecule has 2 aromatic carbocycles. The highest BCUT2D eigenvalue weighted by Gasteiger charge is 2.14. The average molecular weight is 354 g/mol. The summed E-state index contributed by atoms with van der Waals surface area (Å²) in [5.41, 5.74) is 3.05. The first-order valence-electron chi connectivity index (χ1n) is 8.64. The predicted octanol–water partition coefficient (Wildman–Crippen LogP) is 4.43. The van der Waals surface area contributed by atoms with Crippen molar-refractivity contribution in [1.82, 2.24) is 10.6 Å². The van der Waals surface area contributed by atoms with Crippen LogP contribution in [0.3, 0.4) is 0 Å². The summed E-state index contributed by atoms with van der Waals surface area (Å²) in [6.07, 6.45) is 3.44. The largest absolute Gasteiger partial charge is 0.497 e. The van der Waals surface area contributed by atoms with Gasteiger partial charge in [-0.1, -0.05) is 29.8 Å². The van der Waals surface area contributed by atoms with Crippen LogP contribution in [-0.2, 0) is 0 Å². The molecule has 0 radical (unpaired) electrons. The van der Waals surface area contributed by atoms with E-state index < -0.39 is 0 Å². The highest BCUT2D eigenvalue weighted by molar-refractivity contribution is 5.76. The molecule has 1 atom stereocenters. The SMILES string of the molecule is CCOc1ccc(C)cc1C(C)NC(=O)N/C=C/c1ccc(OC)cc1. The molecule has 138 valence electrons. The van der Waals surface area contributed by atoms with Crippen LogP contribution in [0.15, 0.2) is 48.7 Å². The summed E-state index contributed by atoms with van der Waals surface area (Å²) in [7, 11) is 1.63. The van der Waals surface area contributed by atoms with Crippen molar-refractivity contribution in [2.75, 3.05) is 13.7 Å². The topological polar surface area (TPSA) is 59.6 Å². The maximum atomic E-state index is 12.1. The quantitative estimate of drug-likeness (QED) is 0.773. The van der Waals surface area contributed by atoms with E-state index >= 15 is 0 Å². The zero-order valence-corrected chi connectivity index (χ0v) is 15.7. The summed E-state index contributed by atoms with van der Waals surface area (Å²) in [5.74, 6) is 1.59. The lowest BCUT2D eigenvalue weighted by molar-refractivity contribution is 0.241. The molecule has 0 aliphatic rings. The summed E-state index contributed by atoms with van der Waals surface area (Å²) in [5, 5.41) is 5.65. The molecule has 0 aliphatic carbocycles. The van der Waals surface area contributed by atoms with E-state index in [1.165, 1.54) is 0 Å². The van der Waals surface area contributed by atoms with Crippen molar-refractivity contribution in [2.45, 2.75) is 26.8 Å². The van der Waals surface area contributed by atoms with Crippen LogP contribution in [0.2, 0.25) is 0 Å². The van der Waals surface area contributed by atoms with Gasteiger partial charge in [-0.3, -0.25) is 0 Å². The predicted molar refractivity (Wildman–Crippen MR) is 104 cm³/mol. The number of nitrogens with one attached hydrogen (secondary N) is 2. The molecule has 0 heterocycles. The van der Waals surface area contributed by atoms with Crippen molar-refractivity contribution in [3.05, 3.63) is 65.4 Å². The van der Waals surface area contributed by atoms with Gasteiger partial charge in [0.2, 0.25) is 0 Å². The monoisotopic (exact) mass is 354 g/mol. The number of hydrogen-bond acceptors (Lipinski definition) is 3. The Morgan fingerprint density at radius 2 is 1.92 bits per heavy atom. The number of carbonyl (C=O) groups is 1. The Bertz CT molecular complexity index is 754. The Hall–Kier alpha value is -2.95. The third-order valence-corrected chi connectivity index (χ3v) is 3.89. The normalized spacial score (nSPS) is 11.8. The summed E-state index contributed by atoms with van der Waals surface area (Å²) in [6.45, 7) is 6.48. The number of hydrogen-bond donors (Lipinski definition) is 2. The zero-order chi connectivity index (χ0) is 18.9. The molecule has 1 unspecified atom stereocenters. The second-order valence-electron chi connectivity index (χ2n) is 5.92. The number of ether oxygens (including phenoxy) is 2. The van der Waals surface area contributed by atoms with Crippen LogP contribution in [0.1, 0.15) is 36.6 Å². The zero-order valence-electron chi connectivity index (χ0n) is 15.7. The van der Waals surface area contributed by atoms with Gasteiger partial charge in [-0.15, -0.1) is 0 Å². The molecule has 0 aliphatic heterocycles. The van der Waals surface area contributed by atoms with E-state index in [4.69, 9.17) is 9.47 Å². The molecule has 2 aromatic rings. The van der Waals surface area contributed by atoms with E-state index in [9.17, 15) is 4.79 Å². The molecule has 0 bridgehead atoms. The van der Waals surface area contributed by atoms with Gasteiger partial charge in [-0.2, -0.15) is 0 Å². The number of amides is 2. The van der Waals surface area contributed by atoms with Gasteiger partial charge in [-0.05, 0) is 50.6 Å². The van der Waals surface area contributed by atoms with Crippen molar-refractivity contribution in [1.29, 1.82) is 0 Å². The van der Waals surface area contributed by atoms with Crippen LogP contribution in [0, 0.1) is 6.92 Å². The molecule has 0 fully saturated rings. The van der Waals surface area contributed by atoms with Gasteiger partial charge in [0.25, 0.3) is 0 Å². The van der Waals surface area contributed by atoms with Gasteiger partial charge < -0.3 is 20.1 Å². The van der Waals surface area contributed by atoms with Crippen molar-refractivity contribution in [3.63, 3.8) is 0 Å². The van der Waals surface area contributed by atoms with Crippen molar-refractivity contribution < 1.29 is 14.3 Å². The third kappa shape index (κ3) is 5.55. The van der Waals surface area contributed by atoms with Crippen LogP contribution >= 0.6 is 0 Å². The van der Waals surface area contributed by atoms with Gasteiger partial charge in [0.15, 0.2) is 0 Å². The summed E-state index contributed by atoms with van der Waals surface area (Å²) < 4.78 is 10.8. The van der Waals surface area contributed by atoms with Crippen LogP contribution in [0.4, 0.5) is 4.79 Å². The number of carbonyl (C=O) groups excluding carboxylic acids is 1. The fourth-order valence-electron chi connectivity index (χ4n) is 2.54. The number of benzene rings is 2. The summed E-state index contributed by atoms with van der Waals surface area (Å²) in [4.78, 5) is 12.1. The van der Waals surface area contributed by atoms with E-state index in [1.807, 2.05) is 69.3 Å². The Kier molecular flexibility index (Phi) is 7.09. The number of rotatable bonds is 7. The van der Waals surface area contributed by atoms with Crippen molar-refractivity contribution in [3.8, 4) is 11.5 Å². The van der Waals surface area contributed by atoms with Gasteiger partial charge in [0.1, 0.15) is 11.5 Å². The van der Waals surface area contributed by atoms with Crippen molar-refractivity contribution in [2.24, 2.45) is 0 Å². The van der Waals surface area contributed by atoms with E-state index in [0.717, 1.165) is 28.2 Å². The molecular weight excluding hydrogens is 328 g/mol. The molecular formula is C21H26N2O3. The lowest BCUT2D eigenvalue weighted by Crippen LogP contribution is -2.34. The number of aryl methyl sites for hydroxylation is 1. The van der Waals surface area contributed by atoms with E-state index in [2.05, 4.69) is 10.6 Å². The first-order chi connectivity index (χ1) is 12.5. The third-order valence-electron chi connectivity index (χ3n) is 3.89. The van der Waals surface area contributed by atoms with Gasteiger partial charge in [0, 0.05) is 11.8 Å². The molecule has 2 N–H and O–H groups in total. The molecule has 26 heavy (non-hydrogen) atoms. The standard InChI is InChI=1S/C21H26N2O3/c1-5-26-20-11-6-15(2)14-19(20)16(3)23-21(24)22-13-12-17-7-9-18(25-4)10-8-17/h6-14,16H,5H2,1-4H3,(H2,22,23,24)/b13-12+. The van der Waals surface area contributed by atoms with E-state index in [-0.39, 0.29) is 12.1 Å². The number of methoxy groups -OCH3 is 1. The van der Waals surface area contributed by atoms with Gasteiger partial charge in [-0.25, -0.2) is 4.79 Å². The second-order valence-corrected chi connectivity index (χ2v) is 5.92. The minimum Gasteiger partial charge on any atom is -0.497 e. The minimum absolute atomic E-state index is 0.175. The lowest BCUT2D eigenvalue weighted by Gasteiger charge is -2.18. The van der Waals surface area contributed by atoms with Crippen LogP contribution in [0.25, 0.3) is 6.08 Å². The average Bonchev–Trinajstić information content (AvgIpc) is 2.64. The maximum absolute atomic E-state index is 12.1. The Morgan fingerprint density at radius 1 is 1.19 bits per heavy atom. The highest BCUT2D eigenvalue weighted by Crippen LogP contribution is 2.26. The Labute approximate surface area is 155 Å². The maximum Gasteiger partial charge on any atom is 0.319 e. The molecule has 0 spiro atoms. The first kappa shape index (κ1) is 19.4. The molecule has 5 nitrogen and oxygen atoms in total. The minimum atomic E-state index is -0.272. The van der Waals surface area contributed by atoms with Crippen molar-refractivity contribution >= 4 is 12.1 Å². The lowest BCUT2D eigenvalue weighted by atomic mass is 10.0. The molecule has 0 saturated carbocycles. The summed E-state index contributed by atoms with van der Waals surface area (Å²) in [6, 6.07) is 13.1. The van der Waals surface area contributed by atoms with E-state index in [1.54, 1.807) is 13.3 Å². The Balaban J connectivity index is 1.94. The number of urea groups is 1. The smallest absolute Gasteiger partial charge is 0.319 e. The molecule has 0 saturated heterocycles. The molecule has 0 aromatic heterocycles. The highest BCUT2D eigenvalue weighted by atomic mass is 16.5. The van der Waals surface area contributed by atoms with Crippen LogP contribution in [-0.4, -0.2) is 19.7 Å². The van der Waals surface area contributed by atoms with Gasteiger partial charge >= 0.3 is 6.03 Å². The molecule has 5 heteroatoms. The van der Waals surface area contributed by atoms with Crippen LogP contribution < -0.4 is 20.1 Å². The van der Waals surface area contributed by atoms with Gasteiger partial charge in [0.05, 0.1) is 19.8 Å². The van der Waals surface area contributed by atoms with Crippen LogP contribution in [0.5, 0.6) is 11.5 Å².